The van der Waals surface area contributed by atoms with Gasteiger partial charge in [-0.15, -0.1) is 0 Å². The summed E-state index contributed by atoms with van der Waals surface area (Å²) >= 11 is 0. The van der Waals surface area contributed by atoms with Crippen LogP contribution in [0.5, 0.6) is 0 Å². The highest BCUT2D eigenvalue weighted by Gasteiger charge is 2.29. The molecule has 0 saturated heterocycles. The van der Waals surface area contributed by atoms with Gasteiger partial charge in [0.05, 0.1) is 0 Å². The van der Waals surface area contributed by atoms with Crippen LogP contribution in [0, 0.1) is 11.8 Å². The summed E-state index contributed by atoms with van der Waals surface area (Å²) in [6.45, 7) is 2.37. The molecular formula is C16H26N2. The first kappa shape index (κ1) is 13.6. The molecule has 0 radical (unpaired) electrons. The molecule has 3 atom stereocenters. The summed E-state index contributed by atoms with van der Waals surface area (Å²) in [5, 5.41) is 0. The molecule has 1 aromatic carbocycles. The van der Waals surface area contributed by atoms with Gasteiger partial charge in [0.15, 0.2) is 0 Å². The molecule has 1 fully saturated rings. The van der Waals surface area contributed by atoms with Crippen LogP contribution in [0.2, 0.25) is 0 Å². The molecule has 0 spiro atoms. The second kappa shape index (κ2) is 6.91. The number of hydrogen-bond acceptors (Lipinski definition) is 2. The van der Waals surface area contributed by atoms with Gasteiger partial charge >= 0.3 is 0 Å². The lowest BCUT2D eigenvalue weighted by Crippen LogP contribution is -2.41. The van der Waals surface area contributed by atoms with Gasteiger partial charge in [0.1, 0.15) is 0 Å². The Labute approximate surface area is 111 Å². The third kappa shape index (κ3) is 3.56. The van der Waals surface area contributed by atoms with Gasteiger partial charge in [-0.1, -0.05) is 50.1 Å². The van der Waals surface area contributed by atoms with Crippen LogP contribution in [-0.4, -0.2) is 6.04 Å². The van der Waals surface area contributed by atoms with Crippen LogP contribution >= 0.6 is 0 Å². The SMILES string of the molecule is CC1CCCC1C(CCCc1ccccc1)NN. The summed E-state index contributed by atoms with van der Waals surface area (Å²) in [4.78, 5) is 0. The Balaban J connectivity index is 1.77. The van der Waals surface area contributed by atoms with Gasteiger partial charge in [0, 0.05) is 6.04 Å². The quantitative estimate of drug-likeness (QED) is 0.597. The van der Waals surface area contributed by atoms with Gasteiger partial charge in [-0.3, -0.25) is 11.3 Å². The molecule has 0 heterocycles. The van der Waals surface area contributed by atoms with E-state index in [9.17, 15) is 0 Å². The summed E-state index contributed by atoms with van der Waals surface area (Å²) in [5.41, 5.74) is 4.50. The zero-order chi connectivity index (χ0) is 12.8. The first-order valence-electron chi connectivity index (χ1n) is 7.31. The Morgan fingerprint density at radius 3 is 2.67 bits per heavy atom. The Bertz CT molecular complexity index is 336. The summed E-state index contributed by atoms with van der Waals surface area (Å²) in [6, 6.07) is 11.2. The summed E-state index contributed by atoms with van der Waals surface area (Å²) in [6.07, 6.45) is 7.69. The number of rotatable bonds is 6. The predicted octanol–water partition coefficient (Wildman–Crippen LogP) is 3.28. The van der Waals surface area contributed by atoms with Crippen molar-refractivity contribution in [1.82, 2.24) is 5.43 Å². The highest BCUT2D eigenvalue weighted by molar-refractivity contribution is 5.14. The molecule has 0 amide bonds. The normalized spacial score (nSPS) is 25.2. The predicted molar refractivity (Wildman–Crippen MR) is 77.0 cm³/mol. The van der Waals surface area contributed by atoms with Crippen molar-refractivity contribution < 1.29 is 0 Å². The standard InChI is InChI=1S/C16H26N2/c1-13-7-5-11-15(13)16(18-17)12-6-10-14-8-3-2-4-9-14/h2-4,8-9,13,15-16,18H,5-7,10-12,17H2,1H3. The van der Waals surface area contributed by atoms with Crippen molar-refractivity contribution in [2.24, 2.45) is 17.7 Å². The molecule has 3 unspecified atom stereocenters. The van der Waals surface area contributed by atoms with E-state index in [1.807, 2.05) is 0 Å². The van der Waals surface area contributed by atoms with Crippen LogP contribution in [0.4, 0.5) is 0 Å². The summed E-state index contributed by atoms with van der Waals surface area (Å²) in [7, 11) is 0. The van der Waals surface area contributed by atoms with Crippen LogP contribution in [0.15, 0.2) is 30.3 Å². The highest BCUT2D eigenvalue weighted by Crippen LogP contribution is 2.34. The summed E-state index contributed by atoms with van der Waals surface area (Å²) < 4.78 is 0. The zero-order valence-electron chi connectivity index (χ0n) is 11.4. The van der Waals surface area contributed by atoms with E-state index in [0.717, 1.165) is 11.8 Å². The number of benzene rings is 1. The van der Waals surface area contributed by atoms with Crippen molar-refractivity contribution in [3.63, 3.8) is 0 Å². The van der Waals surface area contributed by atoms with Crippen LogP contribution in [0.1, 0.15) is 44.6 Å². The Kier molecular flexibility index (Phi) is 5.21. The fraction of sp³-hybridized carbons (Fsp3) is 0.625. The smallest absolute Gasteiger partial charge is 0.0241 e. The number of hydrazine groups is 1. The second-order valence-electron chi connectivity index (χ2n) is 5.72. The molecule has 2 nitrogen and oxygen atoms in total. The second-order valence-corrected chi connectivity index (χ2v) is 5.72. The van der Waals surface area contributed by atoms with E-state index >= 15 is 0 Å². The van der Waals surface area contributed by atoms with Gasteiger partial charge in [0.25, 0.3) is 0 Å². The van der Waals surface area contributed by atoms with Crippen molar-refractivity contribution in [3.05, 3.63) is 35.9 Å². The molecule has 1 saturated carbocycles. The van der Waals surface area contributed by atoms with Crippen molar-refractivity contribution >= 4 is 0 Å². The molecule has 0 aromatic heterocycles. The van der Waals surface area contributed by atoms with Crippen LogP contribution in [0.3, 0.4) is 0 Å². The number of hydrogen-bond donors (Lipinski definition) is 2. The molecule has 100 valence electrons. The first-order valence-corrected chi connectivity index (χ1v) is 7.31. The van der Waals surface area contributed by atoms with Crippen LogP contribution in [-0.2, 0) is 6.42 Å². The minimum Gasteiger partial charge on any atom is -0.271 e. The number of nitrogens with one attached hydrogen (secondary N) is 1. The Morgan fingerprint density at radius 1 is 1.28 bits per heavy atom. The van der Waals surface area contributed by atoms with E-state index in [1.165, 1.54) is 44.1 Å². The lowest BCUT2D eigenvalue weighted by molar-refractivity contribution is 0.282. The van der Waals surface area contributed by atoms with Gasteiger partial charge in [-0.2, -0.15) is 0 Å². The van der Waals surface area contributed by atoms with Crippen molar-refractivity contribution in [3.8, 4) is 0 Å². The fourth-order valence-corrected chi connectivity index (χ4v) is 3.36. The fourth-order valence-electron chi connectivity index (χ4n) is 3.36. The van der Waals surface area contributed by atoms with Gasteiger partial charge in [0.2, 0.25) is 0 Å². The number of aryl methyl sites for hydroxylation is 1. The minimum absolute atomic E-state index is 0.506. The van der Waals surface area contributed by atoms with Crippen LogP contribution in [0.25, 0.3) is 0 Å². The van der Waals surface area contributed by atoms with Gasteiger partial charge < -0.3 is 0 Å². The van der Waals surface area contributed by atoms with E-state index in [0.29, 0.717) is 6.04 Å². The molecule has 2 heteroatoms. The molecule has 1 aromatic rings. The molecule has 2 rings (SSSR count). The number of nitrogens with two attached hydrogens (primary N) is 1. The van der Waals surface area contributed by atoms with E-state index in [-0.39, 0.29) is 0 Å². The Morgan fingerprint density at radius 2 is 2.06 bits per heavy atom. The van der Waals surface area contributed by atoms with Crippen molar-refractivity contribution in [2.45, 2.75) is 51.5 Å². The van der Waals surface area contributed by atoms with Gasteiger partial charge in [-0.05, 0) is 43.1 Å². The van der Waals surface area contributed by atoms with Gasteiger partial charge in [-0.25, -0.2) is 0 Å². The van der Waals surface area contributed by atoms with Crippen molar-refractivity contribution in [1.29, 1.82) is 0 Å². The van der Waals surface area contributed by atoms with Crippen LogP contribution < -0.4 is 11.3 Å². The molecule has 1 aliphatic carbocycles. The van der Waals surface area contributed by atoms with E-state index in [4.69, 9.17) is 5.84 Å². The molecule has 0 bridgehead atoms. The highest BCUT2D eigenvalue weighted by atomic mass is 15.2. The third-order valence-electron chi connectivity index (χ3n) is 4.48. The summed E-state index contributed by atoms with van der Waals surface area (Å²) in [5.74, 6) is 7.36. The maximum Gasteiger partial charge on any atom is 0.0241 e. The first-order chi connectivity index (χ1) is 8.81. The molecular weight excluding hydrogens is 220 g/mol. The lowest BCUT2D eigenvalue weighted by atomic mass is 9.87. The average molecular weight is 246 g/mol. The molecule has 18 heavy (non-hydrogen) atoms. The van der Waals surface area contributed by atoms with Crippen molar-refractivity contribution in [2.75, 3.05) is 0 Å². The molecule has 1 aliphatic rings. The zero-order valence-corrected chi connectivity index (χ0v) is 11.4. The monoisotopic (exact) mass is 246 g/mol. The minimum atomic E-state index is 0.506. The molecule has 0 aliphatic heterocycles. The maximum atomic E-state index is 5.74. The lowest BCUT2D eigenvalue weighted by Gasteiger charge is -2.26. The topological polar surface area (TPSA) is 38.0 Å². The third-order valence-corrected chi connectivity index (χ3v) is 4.48. The molecule has 3 N–H and O–H groups in total. The van der Waals surface area contributed by atoms with E-state index in [1.54, 1.807) is 0 Å². The Hall–Kier alpha value is -0.860. The average Bonchev–Trinajstić information content (AvgIpc) is 2.82. The maximum absolute atomic E-state index is 5.74. The van der Waals surface area contributed by atoms with E-state index in [2.05, 4.69) is 42.7 Å². The largest absolute Gasteiger partial charge is 0.271 e. The van der Waals surface area contributed by atoms with E-state index < -0.39 is 0 Å².